The number of methoxy groups -OCH3 is 1. The fourth-order valence-electron chi connectivity index (χ4n) is 1.76. The summed E-state index contributed by atoms with van der Waals surface area (Å²) in [6.07, 6.45) is 0.941. The first-order chi connectivity index (χ1) is 9.43. The van der Waals surface area contributed by atoms with Crippen LogP contribution in [0.25, 0.3) is 0 Å². The van der Waals surface area contributed by atoms with Crippen molar-refractivity contribution < 1.29 is 13.9 Å². The zero-order valence-electron chi connectivity index (χ0n) is 12.6. The Hall–Kier alpha value is -1.78. The van der Waals surface area contributed by atoms with E-state index in [1.807, 2.05) is 0 Å². The average Bonchev–Trinajstić information content (AvgIpc) is 2.38. The maximum atomic E-state index is 13.5. The second kappa shape index (κ2) is 7.72. The summed E-state index contributed by atoms with van der Waals surface area (Å²) in [5.41, 5.74) is 0.727. The molecule has 1 aromatic rings. The predicted molar refractivity (Wildman–Crippen MR) is 77.3 cm³/mol. The molecule has 0 aromatic heterocycles. The molecular formula is C15H23FN2O2. The van der Waals surface area contributed by atoms with E-state index in [4.69, 9.17) is 4.74 Å². The normalized spacial score (nSPS) is 10.5. The van der Waals surface area contributed by atoms with Crippen molar-refractivity contribution in [1.29, 1.82) is 0 Å². The molecule has 2 amide bonds. The molecule has 0 saturated carbocycles. The Bertz CT molecular complexity index is 449. The van der Waals surface area contributed by atoms with E-state index in [2.05, 4.69) is 19.2 Å². The molecule has 0 aliphatic rings. The fourth-order valence-corrected chi connectivity index (χ4v) is 1.76. The molecule has 4 nitrogen and oxygen atoms in total. The van der Waals surface area contributed by atoms with Crippen LogP contribution in [0.5, 0.6) is 5.75 Å². The molecule has 0 saturated heterocycles. The quantitative estimate of drug-likeness (QED) is 0.871. The van der Waals surface area contributed by atoms with Gasteiger partial charge in [-0.05, 0) is 30.0 Å². The molecule has 0 bridgehead atoms. The van der Waals surface area contributed by atoms with Crippen LogP contribution < -0.4 is 10.1 Å². The van der Waals surface area contributed by atoms with Gasteiger partial charge in [-0.15, -0.1) is 0 Å². The first-order valence-electron chi connectivity index (χ1n) is 6.75. The lowest BCUT2D eigenvalue weighted by Crippen LogP contribution is -2.37. The average molecular weight is 282 g/mol. The highest BCUT2D eigenvalue weighted by Gasteiger charge is 2.10. The molecule has 0 spiro atoms. The molecule has 1 rings (SSSR count). The summed E-state index contributed by atoms with van der Waals surface area (Å²) in [6.45, 7) is 5.22. The van der Waals surface area contributed by atoms with Gasteiger partial charge >= 0.3 is 6.03 Å². The van der Waals surface area contributed by atoms with Gasteiger partial charge in [-0.25, -0.2) is 9.18 Å². The Kier molecular flexibility index (Phi) is 6.28. The molecule has 0 radical (unpaired) electrons. The van der Waals surface area contributed by atoms with Crippen molar-refractivity contribution in [3.63, 3.8) is 0 Å². The van der Waals surface area contributed by atoms with Gasteiger partial charge < -0.3 is 15.0 Å². The number of carbonyl (C=O) groups is 1. The van der Waals surface area contributed by atoms with E-state index < -0.39 is 5.82 Å². The van der Waals surface area contributed by atoms with Crippen molar-refractivity contribution in [2.24, 2.45) is 5.92 Å². The maximum absolute atomic E-state index is 13.5. The van der Waals surface area contributed by atoms with Crippen LogP contribution >= 0.6 is 0 Å². The number of hydrogen-bond donors (Lipinski definition) is 1. The van der Waals surface area contributed by atoms with Crippen LogP contribution in [0, 0.1) is 11.7 Å². The standard InChI is InChI=1S/C15H23FN2O2/c1-11(2)7-8-17-15(19)18(3)10-12-5-6-14(20-4)13(16)9-12/h5-6,9,11H,7-8,10H2,1-4H3,(H,17,19). The lowest BCUT2D eigenvalue weighted by Gasteiger charge is -2.18. The summed E-state index contributed by atoms with van der Waals surface area (Å²) in [6, 6.07) is 4.55. The van der Waals surface area contributed by atoms with E-state index in [1.54, 1.807) is 19.2 Å². The number of carbonyl (C=O) groups excluding carboxylic acids is 1. The van der Waals surface area contributed by atoms with Crippen LogP contribution in [-0.4, -0.2) is 31.6 Å². The molecule has 0 aliphatic heterocycles. The first-order valence-corrected chi connectivity index (χ1v) is 6.75. The second-order valence-electron chi connectivity index (χ2n) is 5.24. The number of rotatable bonds is 6. The number of urea groups is 1. The molecule has 0 atom stereocenters. The van der Waals surface area contributed by atoms with Gasteiger partial charge in [0.15, 0.2) is 11.6 Å². The van der Waals surface area contributed by atoms with Crippen LogP contribution in [0.1, 0.15) is 25.8 Å². The molecule has 112 valence electrons. The van der Waals surface area contributed by atoms with E-state index in [0.29, 0.717) is 19.0 Å². The molecule has 0 unspecified atom stereocenters. The second-order valence-corrected chi connectivity index (χ2v) is 5.24. The summed E-state index contributed by atoms with van der Waals surface area (Å²) >= 11 is 0. The highest BCUT2D eigenvalue weighted by Crippen LogP contribution is 2.18. The number of benzene rings is 1. The molecule has 1 N–H and O–H groups in total. The largest absolute Gasteiger partial charge is 0.494 e. The van der Waals surface area contributed by atoms with Gasteiger partial charge in [-0.2, -0.15) is 0 Å². The van der Waals surface area contributed by atoms with Crippen LogP contribution in [0.3, 0.4) is 0 Å². The summed E-state index contributed by atoms with van der Waals surface area (Å²) in [5, 5.41) is 2.84. The van der Waals surface area contributed by atoms with Gasteiger partial charge in [0.25, 0.3) is 0 Å². The van der Waals surface area contributed by atoms with Crippen LogP contribution in [0.2, 0.25) is 0 Å². The van der Waals surface area contributed by atoms with E-state index in [-0.39, 0.29) is 11.8 Å². The Balaban J connectivity index is 2.50. The predicted octanol–water partition coefficient (Wildman–Crippen LogP) is 3.02. The van der Waals surface area contributed by atoms with E-state index >= 15 is 0 Å². The summed E-state index contributed by atoms with van der Waals surface area (Å²) in [7, 11) is 3.11. The molecule has 20 heavy (non-hydrogen) atoms. The van der Waals surface area contributed by atoms with E-state index in [9.17, 15) is 9.18 Å². The van der Waals surface area contributed by atoms with Gasteiger partial charge in [0.2, 0.25) is 0 Å². The number of hydrogen-bond acceptors (Lipinski definition) is 2. The summed E-state index contributed by atoms with van der Waals surface area (Å²) < 4.78 is 18.4. The molecule has 5 heteroatoms. The zero-order valence-corrected chi connectivity index (χ0v) is 12.6. The minimum absolute atomic E-state index is 0.151. The lowest BCUT2D eigenvalue weighted by molar-refractivity contribution is 0.206. The van der Waals surface area contributed by atoms with Gasteiger partial charge in [-0.1, -0.05) is 19.9 Å². The molecule has 0 aliphatic carbocycles. The third kappa shape index (κ3) is 5.07. The van der Waals surface area contributed by atoms with Crippen molar-refractivity contribution in [3.8, 4) is 5.75 Å². The van der Waals surface area contributed by atoms with Gasteiger partial charge in [-0.3, -0.25) is 0 Å². The van der Waals surface area contributed by atoms with Crippen molar-refractivity contribution in [3.05, 3.63) is 29.6 Å². The summed E-state index contributed by atoms with van der Waals surface area (Å²) in [4.78, 5) is 13.4. The number of nitrogens with zero attached hydrogens (tertiary/aromatic N) is 1. The SMILES string of the molecule is COc1ccc(CN(C)C(=O)NCCC(C)C)cc1F. The number of halogens is 1. The minimum Gasteiger partial charge on any atom is -0.494 e. The van der Waals surface area contributed by atoms with Gasteiger partial charge in [0.05, 0.1) is 7.11 Å². The zero-order chi connectivity index (χ0) is 15.1. The van der Waals surface area contributed by atoms with Crippen molar-refractivity contribution in [2.75, 3.05) is 20.7 Å². The maximum Gasteiger partial charge on any atom is 0.317 e. The van der Waals surface area contributed by atoms with Crippen LogP contribution in [-0.2, 0) is 6.54 Å². The summed E-state index contributed by atoms with van der Waals surface area (Å²) in [5.74, 6) is 0.340. The smallest absolute Gasteiger partial charge is 0.317 e. The van der Waals surface area contributed by atoms with Crippen LogP contribution in [0.4, 0.5) is 9.18 Å². The third-order valence-electron chi connectivity index (χ3n) is 2.98. The van der Waals surface area contributed by atoms with Crippen molar-refractivity contribution in [1.82, 2.24) is 10.2 Å². The monoisotopic (exact) mass is 282 g/mol. The Morgan fingerprint density at radius 1 is 1.45 bits per heavy atom. The van der Waals surface area contributed by atoms with Crippen molar-refractivity contribution in [2.45, 2.75) is 26.8 Å². The van der Waals surface area contributed by atoms with Gasteiger partial charge in [0, 0.05) is 20.1 Å². The highest BCUT2D eigenvalue weighted by atomic mass is 19.1. The number of amides is 2. The topological polar surface area (TPSA) is 41.6 Å². The molecular weight excluding hydrogens is 259 g/mol. The number of nitrogens with one attached hydrogen (secondary N) is 1. The Morgan fingerprint density at radius 2 is 2.15 bits per heavy atom. The Morgan fingerprint density at radius 3 is 2.70 bits per heavy atom. The Labute approximate surface area is 119 Å². The van der Waals surface area contributed by atoms with E-state index in [1.165, 1.54) is 18.1 Å². The fraction of sp³-hybridized carbons (Fsp3) is 0.533. The third-order valence-corrected chi connectivity index (χ3v) is 2.98. The number of ether oxygens (including phenoxy) is 1. The molecule has 1 aromatic carbocycles. The van der Waals surface area contributed by atoms with Gasteiger partial charge in [0.1, 0.15) is 0 Å². The first kappa shape index (κ1) is 16.3. The van der Waals surface area contributed by atoms with E-state index in [0.717, 1.165) is 12.0 Å². The molecule has 0 heterocycles. The highest BCUT2D eigenvalue weighted by molar-refractivity contribution is 5.73. The van der Waals surface area contributed by atoms with Crippen LogP contribution in [0.15, 0.2) is 18.2 Å². The van der Waals surface area contributed by atoms with Crippen molar-refractivity contribution >= 4 is 6.03 Å². The lowest BCUT2D eigenvalue weighted by atomic mass is 10.1. The molecule has 0 fully saturated rings. The minimum atomic E-state index is -0.418.